The van der Waals surface area contributed by atoms with Gasteiger partial charge in [-0.2, -0.15) is 0 Å². The molecule has 3 fully saturated rings. The number of esters is 1. The standard InChI is InChI=1S/C12H12O4/c13-11(14)8-5-2-1-4-3-6-9(7(4)5)10(8)12(15)16-6/h1-2,4-10H,3H2,(H,13,14)/t4-,5-,6+,7+,8+,9+,10+/m1/s1. The minimum Gasteiger partial charge on any atom is -0.481 e. The Hall–Kier alpha value is -1.32. The first-order valence-corrected chi connectivity index (χ1v) is 5.80. The van der Waals surface area contributed by atoms with Gasteiger partial charge in [-0.1, -0.05) is 12.2 Å². The van der Waals surface area contributed by atoms with Crippen molar-refractivity contribution in [2.24, 2.45) is 35.5 Å². The molecule has 7 atom stereocenters. The molecule has 0 spiro atoms. The molecular weight excluding hydrogens is 208 g/mol. The first-order valence-electron chi connectivity index (χ1n) is 5.80. The van der Waals surface area contributed by atoms with Crippen molar-refractivity contribution in [2.45, 2.75) is 12.5 Å². The maximum Gasteiger partial charge on any atom is 0.310 e. The molecule has 0 radical (unpaired) electrons. The summed E-state index contributed by atoms with van der Waals surface area (Å²) in [7, 11) is 0. The Morgan fingerprint density at radius 3 is 2.94 bits per heavy atom. The number of hydrogen-bond donors (Lipinski definition) is 1. The lowest BCUT2D eigenvalue weighted by Gasteiger charge is -2.16. The first-order chi connectivity index (χ1) is 7.68. The highest BCUT2D eigenvalue weighted by Gasteiger charge is 2.68. The Labute approximate surface area is 92.3 Å². The molecule has 4 rings (SSSR count). The van der Waals surface area contributed by atoms with Crippen LogP contribution in [-0.4, -0.2) is 23.1 Å². The fraction of sp³-hybridized carbons (Fsp3) is 0.667. The molecule has 0 amide bonds. The van der Waals surface area contributed by atoms with Crippen LogP contribution in [-0.2, 0) is 14.3 Å². The molecule has 84 valence electrons. The topological polar surface area (TPSA) is 63.6 Å². The molecule has 0 unspecified atom stereocenters. The quantitative estimate of drug-likeness (QED) is 0.521. The molecule has 4 heteroatoms. The zero-order chi connectivity index (χ0) is 11.0. The molecule has 0 bridgehead atoms. The fourth-order valence-electron chi connectivity index (χ4n) is 4.55. The van der Waals surface area contributed by atoms with Gasteiger partial charge in [0.15, 0.2) is 0 Å². The molecule has 16 heavy (non-hydrogen) atoms. The SMILES string of the molecule is O=C(O)[C@H]1[C@@H]2C=C[C@@H]3C[C@@H]4OC(=O)[C@@H]1[C@@H]4[C@H]23. The van der Waals surface area contributed by atoms with E-state index in [4.69, 9.17) is 4.74 Å². The van der Waals surface area contributed by atoms with Gasteiger partial charge in [0.05, 0.1) is 11.8 Å². The second-order valence-electron chi connectivity index (χ2n) is 5.38. The van der Waals surface area contributed by atoms with Crippen LogP contribution in [0.15, 0.2) is 12.2 Å². The molecule has 0 aromatic rings. The van der Waals surface area contributed by atoms with Gasteiger partial charge < -0.3 is 9.84 Å². The van der Waals surface area contributed by atoms with Gasteiger partial charge in [0, 0.05) is 5.92 Å². The van der Waals surface area contributed by atoms with Gasteiger partial charge >= 0.3 is 11.9 Å². The fourth-order valence-corrected chi connectivity index (χ4v) is 4.55. The second kappa shape index (κ2) is 2.50. The van der Waals surface area contributed by atoms with E-state index in [-0.39, 0.29) is 29.8 Å². The number of carbonyl (C=O) groups excluding carboxylic acids is 1. The molecule has 3 aliphatic carbocycles. The van der Waals surface area contributed by atoms with E-state index in [1.807, 2.05) is 6.08 Å². The molecule has 1 heterocycles. The van der Waals surface area contributed by atoms with Gasteiger partial charge in [0.25, 0.3) is 0 Å². The number of carbonyl (C=O) groups is 2. The van der Waals surface area contributed by atoms with Crippen LogP contribution in [0.5, 0.6) is 0 Å². The lowest BCUT2D eigenvalue weighted by molar-refractivity contribution is -0.153. The van der Waals surface area contributed by atoms with Crippen molar-refractivity contribution in [3.8, 4) is 0 Å². The van der Waals surface area contributed by atoms with Crippen LogP contribution in [0, 0.1) is 35.5 Å². The highest BCUT2D eigenvalue weighted by Crippen LogP contribution is 2.63. The largest absolute Gasteiger partial charge is 0.481 e. The van der Waals surface area contributed by atoms with E-state index in [0.717, 1.165) is 6.42 Å². The third-order valence-electron chi connectivity index (χ3n) is 4.94. The first kappa shape index (κ1) is 8.79. The number of carboxylic acid groups (broad SMARTS) is 1. The second-order valence-corrected chi connectivity index (χ2v) is 5.38. The normalized spacial score (nSPS) is 55.5. The smallest absolute Gasteiger partial charge is 0.310 e. The van der Waals surface area contributed by atoms with Crippen molar-refractivity contribution in [3.63, 3.8) is 0 Å². The summed E-state index contributed by atoms with van der Waals surface area (Å²) in [5.41, 5.74) is 0. The number of aliphatic carboxylic acids is 1. The molecule has 2 saturated carbocycles. The van der Waals surface area contributed by atoms with Crippen molar-refractivity contribution >= 4 is 11.9 Å². The van der Waals surface area contributed by atoms with E-state index in [1.165, 1.54) is 0 Å². The van der Waals surface area contributed by atoms with E-state index >= 15 is 0 Å². The predicted molar refractivity (Wildman–Crippen MR) is 52.2 cm³/mol. The van der Waals surface area contributed by atoms with E-state index in [1.54, 1.807) is 0 Å². The number of hydrogen-bond acceptors (Lipinski definition) is 3. The number of carboxylic acids is 1. The summed E-state index contributed by atoms with van der Waals surface area (Å²) in [5.74, 6) is -1.02. The van der Waals surface area contributed by atoms with Gasteiger partial charge in [0.2, 0.25) is 0 Å². The Morgan fingerprint density at radius 2 is 2.19 bits per heavy atom. The maximum atomic E-state index is 11.7. The van der Waals surface area contributed by atoms with E-state index in [9.17, 15) is 14.7 Å². The van der Waals surface area contributed by atoms with Gasteiger partial charge in [-0.25, -0.2) is 0 Å². The monoisotopic (exact) mass is 220 g/mol. The van der Waals surface area contributed by atoms with E-state index in [2.05, 4.69) is 6.08 Å². The number of allylic oxidation sites excluding steroid dienone is 2. The Morgan fingerprint density at radius 1 is 1.38 bits per heavy atom. The summed E-state index contributed by atoms with van der Waals surface area (Å²) in [6.07, 6.45) is 5.05. The van der Waals surface area contributed by atoms with Crippen molar-refractivity contribution < 1.29 is 19.4 Å². The zero-order valence-corrected chi connectivity index (χ0v) is 8.58. The summed E-state index contributed by atoms with van der Waals surface area (Å²) >= 11 is 0. The summed E-state index contributed by atoms with van der Waals surface area (Å²) < 4.78 is 5.32. The highest BCUT2D eigenvalue weighted by atomic mass is 16.6. The molecular formula is C12H12O4. The summed E-state index contributed by atoms with van der Waals surface area (Å²) in [6.45, 7) is 0. The molecule has 0 aromatic carbocycles. The van der Waals surface area contributed by atoms with Crippen molar-refractivity contribution in [1.29, 1.82) is 0 Å². The number of ether oxygens (including phenoxy) is 1. The Balaban J connectivity index is 1.85. The van der Waals surface area contributed by atoms with Gasteiger partial charge in [-0.15, -0.1) is 0 Å². The summed E-state index contributed by atoms with van der Waals surface area (Å²) in [4.78, 5) is 23.0. The minimum absolute atomic E-state index is 0.00991. The van der Waals surface area contributed by atoms with Crippen molar-refractivity contribution in [1.82, 2.24) is 0 Å². The van der Waals surface area contributed by atoms with Crippen LogP contribution in [0.2, 0.25) is 0 Å². The maximum absolute atomic E-state index is 11.7. The van der Waals surface area contributed by atoms with Crippen LogP contribution < -0.4 is 0 Å². The third kappa shape index (κ3) is 0.761. The van der Waals surface area contributed by atoms with E-state index < -0.39 is 11.9 Å². The van der Waals surface area contributed by atoms with Gasteiger partial charge in [-0.05, 0) is 24.2 Å². The van der Waals surface area contributed by atoms with Crippen LogP contribution in [0.25, 0.3) is 0 Å². The highest BCUT2D eigenvalue weighted by molar-refractivity contribution is 5.85. The Bertz CT molecular complexity index is 427. The predicted octanol–water partition coefficient (Wildman–Crippen LogP) is 0.681. The molecule has 0 aromatic heterocycles. The summed E-state index contributed by atoms with van der Waals surface area (Å²) in [5, 5.41) is 9.28. The third-order valence-corrected chi connectivity index (χ3v) is 4.94. The number of rotatable bonds is 1. The molecule has 1 saturated heterocycles. The molecule has 1 N–H and O–H groups in total. The average molecular weight is 220 g/mol. The average Bonchev–Trinajstić information content (AvgIpc) is 2.84. The van der Waals surface area contributed by atoms with E-state index in [0.29, 0.717) is 11.8 Å². The van der Waals surface area contributed by atoms with Crippen LogP contribution in [0.1, 0.15) is 6.42 Å². The van der Waals surface area contributed by atoms with Crippen molar-refractivity contribution in [3.05, 3.63) is 12.2 Å². The molecule has 1 aliphatic heterocycles. The Kier molecular flexibility index (Phi) is 1.37. The van der Waals surface area contributed by atoms with Crippen LogP contribution in [0.4, 0.5) is 0 Å². The van der Waals surface area contributed by atoms with Crippen LogP contribution in [0.3, 0.4) is 0 Å². The lowest BCUT2D eigenvalue weighted by atomic mass is 9.87. The zero-order valence-electron chi connectivity index (χ0n) is 8.58. The summed E-state index contributed by atoms with van der Waals surface area (Å²) in [6, 6.07) is 0. The molecule has 4 aliphatic rings. The molecule has 4 nitrogen and oxygen atoms in total. The van der Waals surface area contributed by atoms with Crippen LogP contribution >= 0.6 is 0 Å². The van der Waals surface area contributed by atoms with Gasteiger partial charge in [0.1, 0.15) is 6.10 Å². The van der Waals surface area contributed by atoms with Crippen molar-refractivity contribution in [2.75, 3.05) is 0 Å². The van der Waals surface area contributed by atoms with Gasteiger partial charge in [-0.3, -0.25) is 9.59 Å². The minimum atomic E-state index is -0.840. The lowest BCUT2D eigenvalue weighted by Crippen LogP contribution is -2.28.